The summed E-state index contributed by atoms with van der Waals surface area (Å²) in [4.78, 5) is 11.9. The van der Waals surface area contributed by atoms with Crippen molar-refractivity contribution in [1.82, 2.24) is 9.78 Å². The van der Waals surface area contributed by atoms with E-state index >= 15 is 0 Å². The summed E-state index contributed by atoms with van der Waals surface area (Å²) in [6.07, 6.45) is 2.68. The van der Waals surface area contributed by atoms with Crippen LogP contribution in [0, 0.1) is 0 Å². The number of aromatic nitrogens is 2. The van der Waals surface area contributed by atoms with E-state index in [-0.39, 0.29) is 5.78 Å². The zero-order valence-electron chi connectivity index (χ0n) is 9.56. The first-order valence-corrected chi connectivity index (χ1v) is 6.18. The Morgan fingerprint density at radius 2 is 2.06 bits per heavy atom. The highest BCUT2D eigenvalue weighted by atomic mass is 79.9. The Kier molecular flexibility index (Phi) is 3.74. The summed E-state index contributed by atoms with van der Waals surface area (Å²) in [5, 5.41) is 4.20. The Hall–Kier alpha value is -1.42. The Morgan fingerprint density at radius 3 is 2.71 bits per heavy atom. The first-order valence-electron chi connectivity index (χ1n) is 5.39. The molecule has 0 saturated heterocycles. The van der Waals surface area contributed by atoms with Gasteiger partial charge in [0.05, 0.1) is 12.1 Å². The molecule has 0 aliphatic carbocycles. The predicted octanol–water partition coefficient (Wildman–Crippen LogP) is 2.54. The van der Waals surface area contributed by atoms with E-state index in [0.717, 1.165) is 15.7 Å². The summed E-state index contributed by atoms with van der Waals surface area (Å²) in [5.41, 5.74) is 1.85. The summed E-state index contributed by atoms with van der Waals surface area (Å²) in [6, 6.07) is 9.66. The minimum Gasteiger partial charge on any atom is -0.299 e. The van der Waals surface area contributed by atoms with Crippen molar-refractivity contribution in [2.45, 2.75) is 12.8 Å². The van der Waals surface area contributed by atoms with Crippen LogP contribution in [0.15, 0.2) is 41.0 Å². The van der Waals surface area contributed by atoms with Crippen molar-refractivity contribution in [3.8, 4) is 0 Å². The van der Waals surface area contributed by atoms with Gasteiger partial charge in [0, 0.05) is 24.1 Å². The second kappa shape index (κ2) is 5.27. The van der Waals surface area contributed by atoms with Gasteiger partial charge in [-0.05, 0) is 17.7 Å². The third-order valence-corrected chi connectivity index (χ3v) is 3.27. The molecule has 0 fully saturated rings. The number of benzene rings is 1. The molecule has 0 aliphatic heterocycles. The van der Waals surface area contributed by atoms with Crippen molar-refractivity contribution in [1.29, 1.82) is 0 Å². The van der Waals surface area contributed by atoms with Gasteiger partial charge in [0.15, 0.2) is 0 Å². The second-order valence-electron chi connectivity index (χ2n) is 3.96. The van der Waals surface area contributed by atoms with Gasteiger partial charge >= 0.3 is 0 Å². The van der Waals surface area contributed by atoms with Crippen LogP contribution in [0.2, 0.25) is 0 Å². The average molecular weight is 293 g/mol. The third kappa shape index (κ3) is 3.27. The molecule has 1 aromatic heterocycles. The third-order valence-electron chi connectivity index (χ3n) is 2.49. The molecule has 17 heavy (non-hydrogen) atoms. The average Bonchev–Trinajstić information content (AvgIpc) is 2.67. The molecule has 0 radical (unpaired) electrons. The summed E-state index contributed by atoms with van der Waals surface area (Å²) in [6.45, 7) is 0. The van der Waals surface area contributed by atoms with E-state index in [1.54, 1.807) is 4.68 Å². The maximum Gasteiger partial charge on any atom is 0.143 e. The van der Waals surface area contributed by atoms with Gasteiger partial charge in [-0.1, -0.05) is 34.1 Å². The largest absolute Gasteiger partial charge is 0.299 e. The fourth-order valence-corrected chi connectivity index (χ4v) is 2.10. The van der Waals surface area contributed by atoms with Crippen LogP contribution in [0.25, 0.3) is 0 Å². The topological polar surface area (TPSA) is 34.9 Å². The lowest BCUT2D eigenvalue weighted by Crippen LogP contribution is -2.07. The molecule has 0 aliphatic rings. The number of ketones is 1. The van der Waals surface area contributed by atoms with Gasteiger partial charge in [-0.15, -0.1) is 0 Å². The molecular formula is C13H13BrN2O. The van der Waals surface area contributed by atoms with Crippen LogP contribution >= 0.6 is 15.9 Å². The quantitative estimate of drug-likeness (QED) is 0.868. The number of nitrogens with zero attached hydrogens (tertiary/aromatic N) is 2. The van der Waals surface area contributed by atoms with Gasteiger partial charge < -0.3 is 0 Å². The zero-order chi connectivity index (χ0) is 12.3. The van der Waals surface area contributed by atoms with Gasteiger partial charge in [0.2, 0.25) is 0 Å². The molecule has 0 bridgehead atoms. The molecule has 2 rings (SSSR count). The van der Waals surface area contributed by atoms with Crippen molar-refractivity contribution in [2.75, 3.05) is 0 Å². The summed E-state index contributed by atoms with van der Waals surface area (Å²) >= 11 is 3.44. The lowest BCUT2D eigenvalue weighted by molar-refractivity contribution is -0.117. The Morgan fingerprint density at radius 1 is 1.29 bits per heavy atom. The molecule has 3 nitrogen and oxygen atoms in total. The zero-order valence-corrected chi connectivity index (χ0v) is 11.1. The van der Waals surface area contributed by atoms with Gasteiger partial charge in [-0.25, -0.2) is 0 Å². The molecule has 0 spiro atoms. The van der Waals surface area contributed by atoms with Crippen molar-refractivity contribution in [3.63, 3.8) is 0 Å². The monoisotopic (exact) mass is 292 g/mol. The van der Waals surface area contributed by atoms with E-state index in [1.807, 2.05) is 43.6 Å². The van der Waals surface area contributed by atoms with Crippen LogP contribution in [-0.4, -0.2) is 15.6 Å². The predicted molar refractivity (Wildman–Crippen MR) is 69.8 cm³/mol. The fourth-order valence-electron chi connectivity index (χ4n) is 1.68. The Labute approximate surface area is 109 Å². The highest BCUT2D eigenvalue weighted by molar-refractivity contribution is 9.10. The molecule has 0 saturated carbocycles. The molecule has 0 amide bonds. The first kappa shape index (κ1) is 12.0. The summed E-state index contributed by atoms with van der Waals surface area (Å²) < 4.78 is 2.69. The number of rotatable bonds is 4. The molecule has 0 atom stereocenters. The van der Waals surface area contributed by atoms with Crippen LogP contribution in [0.3, 0.4) is 0 Å². The Balaban J connectivity index is 2.01. The number of carbonyl (C=O) groups excluding carboxylic acids is 1. The van der Waals surface area contributed by atoms with Crippen molar-refractivity contribution >= 4 is 21.7 Å². The van der Waals surface area contributed by atoms with E-state index in [9.17, 15) is 4.79 Å². The molecule has 0 unspecified atom stereocenters. The summed E-state index contributed by atoms with van der Waals surface area (Å²) in [7, 11) is 1.85. The normalized spacial score (nSPS) is 10.5. The minimum atomic E-state index is 0.176. The Bertz CT molecular complexity index is 534. The lowest BCUT2D eigenvalue weighted by atomic mass is 10.1. The number of hydrogen-bond donors (Lipinski definition) is 0. The standard InChI is InChI=1S/C13H13BrN2O/c1-16-7-6-11(15-16)9-12(17)8-10-4-2-3-5-13(10)14/h2-7H,8-9H2,1H3. The second-order valence-corrected chi connectivity index (χ2v) is 4.82. The van der Waals surface area contributed by atoms with Gasteiger partial charge in [-0.3, -0.25) is 9.48 Å². The maximum atomic E-state index is 11.9. The highest BCUT2D eigenvalue weighted by Crippen LogP contribution is 2.17. The SMILES string of the molecule is Cn1ccc(CC(=O)Cc2ccccc2Br)n1. The van der Waals surface area contributed by atoms with E-state index in [2.05, 4.69) is 21.0 Å². The van der Waals surface area contributed by atoms with Crippen LogP contribution in [-0.2, 0) is 24.7 Å². The molecule has 0 N–H and O–H groups in total. The number of halogens is 1. The van der Waals surface area contributed by atoms with E-state index in [4.69, 9.17) is 0 Å². The van der Waals surface area contributed by atoms with E-state index in [1.165, 1.54) is 0 Å². The highest BCUT2D eigenvalue weighted by Gasteiger charge is 2.09. The fraction of sp³-hybridized carbons (Fsp3) is 0.231. The van der Waals surface area contributed by atoms with Crippen molar-refractivity contribution < 1.29 is 4.79 Å². The van der Waals surface area contributed by atoms with Crippen molar-refractivity contribution in [3.05, 3.63) is 52.3 Å². The molecule has 1 aromatic carbocycles. The van der Waals surface area contributed by atoms with Crippen LogP contribution in [0.5, 0.6) is 0 Å². The lowest BCUT2D eigenvalue weighted by Gasteiger charge is -2.02. The van der Waals surface area contributed by atoms with Crippen LogP contribution in [0.4, 0.5) is 0 Å². The summed E-state index contributed by atoms with van der Waals surface area (Å²) in [5.74, 6) is 0.176. The molecule has 88 valence electrons. The number of hydrogen-bond acceptors (Lipinski definition) is 2. The van der Waals surface area contributed by atoms with Crippen LogP contribution < -0.4 is 0 Å². The van der Waals surface area contributed by atoms with Gasteiger partial charge in [0.25, 0.3) is 0 Å². The maximum absolute atomic E-state index is 11.9. The molecule has 1 heterocycles. The number of aryl methyl sites for hydroxylation is 1. The molecular weight excluding hydrogens is 280 g/mol. The van der Waals surface area contributed by atoms with Crippen molar-refractivity contribution in [2.24, 2.45) is 7.05 Å². The number of Topliss-reactive ketones (excluding diaryl/α,β-unsaturated/α-hetero) is 1. The smallest absolute Gasteiger partial charge is 0.143 e. The van der Waals surface area contributed by atoms with Gasteiger partial charge in [0.1, 0.15) is 5.78 Å². The first-order chi connectivity index (χ1) is 8.15. The minimum absolute atomic E-state index is 0.176. The molecule has 2 aromatic rings. The van der Waals surface area contributed by atoms with E-state index in [0.29, 0.717) is 12.8 Å². The van der Waals surface area contributed by atoms with Gasteiger partial charge in [-0.2, -0.15) is 5.10 Å². The van der Waals surface area contributed by atoms with E-state index < -0.39 is 0 Å². The van der Waals surface area contributed by atoms with Crippen LogP contribution in [0.1, 0.15) is 11.3 Å². The molecule has 4 heteroatoms. The number of carbonyl (C=O) groups is 1.